The summed E-state index contributed by atoms with van der Waals surface area (Å²) >= 11 is 0. The summed E-state index contributed by atoms with van der Waals surface area (Å²) in [4.78, 5) is 0. The van der Waals surface area contributed by atoms with E-state index in [1.807, 2.05) is 31.2 Å². The molecule has 1 unspecified atom stereocenters. The van der Waals surface area contributed by atoms with E-state index in [1.165, 1.54) is 0 Å². The molecule has 0 aromatic heterocycles. The fourth-order valence-corrected chi connectivity index (χ4v) is 1.16. The minimum absolute atomic E-state index is 0.748. The number of benzene rings is 1. The second-order valence-corrected chi connectivity index (χ2v) is 3.97. The van der Waals surface area contributed by atoms with Crippen molar-refractivity contribution >= 4 is 0 Å². The molecule has 0 amide bonds. The Morgan fingerprint density at radius 1 is 1.15 bits per heavy atom. The zero-order valence-electron chi connectivity index (χ0n) is 8.28. The van der Waals surface area contributed by atoms with E-state index in [2.05, 4.69) is 0 Å². The molecule has 1 atom stereocenters. The summed E-state index contributed by atoms with van der Waals surface area (Å²) in [5.74, 6) is 0. The van der Waals surface area contributed by atoms with Crippen molar-refractivity contribution in [3.8, 4) is 0 Å². The number of aliphatic hydroxyl groups is 2. The van der Waals surface area contributed by atoms with E-state index in [-0.39, 0.29) is 0 Å². The van der Waals surface area contributed by atoms with E-state index in [4.69, 9.17) is 0 Å². The molecular weight excluding hydrogens is 164 g/mol. The first kappa shape index (κ1) is 10.2. The normalized spacial score (nSPS) is 14.2. The van der Waals surface area contributed by atoms with Crippen molar-refractivity contribution in [1.29, 1.82) is 0 Å². The molecule has 1 rings (SSSR count). The average Bonchev–Trinajstić information content (AvgIpc) is 2.03. The third-order valence-corrected chi connectivity index (χ3v) is 2.06. The first-order valence-electron chi connectivity index (χ1n) is 4.38. The lowest BCUT2D eigenvalue weighted by molar-refractivity contribution is -0.0496. The number of aryl methyl sites for hydroxylation is 1. The van der Waals surface area contributed by atoms with Gasteiger partial charge in [-0.25, -0.2) is 0 Å². The monoisotopic (exact) mass is 180 g/mol. The maximum absolute atomic E-state index is 9.70. The fraction of sp³-hybridized carbons (Fsp3) is 0.455. The topological polar surface area (TPSA) is 40.5 Å². The highest BCUT2D eigenvalue weighted by molar-refractivity contribution is 5.24. The van der Waals surface area contributed by atoms with Crippen LogP contribution in [0.4, 0.5) is 0 Å². The van der Waals surface area contributed by atoms with Gasteiger partial charge in [0.1, 0.15) is 6.10 Å². The van der Waals surface area contributed by atoms with Gasteiger partial charge < -0.3 is 10.2 Å². The number of hydrogen-bond acceptors (Lipinski definition) is 2. The van der Waals surface area contributed by atoms with Gasteiger partial charge in [0.2, 0.25) is 0 Å². The van der Waals surface area contributed by atoms with Crippen molar-refractivity contribution in [3.63, 3.8) is 0 Å². The van der Waals surface area contributed by atoms with Gasteiger partial charge in [-0.2, -0.15) is 0 Å². The van der Waals surface area contributed by atoms with Crippen LogP contribution in [0.5, 0.6) is 0 Å². The van der Waals surface area contributed by atoms with Gasteiger partial charge in [-0.05, 0) is 26.3 Å². The van der Waals surface area contributed by atoms with Crippen molar-refractivity contribution < 1.29 is 10.2 Å². The van der Waals surface area contributed by atoms with Crippen LogP contribution in [0.25, 0.3) is 0 Å². The van der Waals surface area contributed by atoms with Crippen molar-refractivity contribution in [1.82, 2.24) is 0 Å². The lowest BCUT2D eigenvalue weighted by atomic mass is 9.94. The Kier molecular flexibility index (Phi) is 2.74. The second kappa shape index (κ2) is 3.48. The quantitative estimate of drug-likeness (QED) is 0.728. The predicted octanol–water partition coefficient (Wildman–Crippen LogP) is 1.80. The van der Waals surface area contributed by atoms with Crippen molar-refractivity contribution in [2.45, 2.75) is 32.5 Å². The molecule has 0 heterocycles. The molecule has 0 aliphatic carbocycles. The Balaban J connectivity index is 2.90. The van der Waals surface area contributed by atoms with Gasteiger partial charge >= 0.3 is 0 Å². The molecule has 0 radical (unpaired) electrons. The largest absolute Gasteiger partial charge is 0.387 e. The highest BCUT2D eigenvalue weighted by Crippen LogP contribution is 2.24. The Morgan fingerprint density at radius 3 is 2.00 bits per heavy atom. The molecule has 13 heavy (non-hydrogen) atoms. The summed E-state index contributed by atoms with van der Waals surface area (Å²) in [6.07, 6.45) is -0.826. The van der Waals surface area contributed by atoms with Crippen molar-refractivity contribution in [3.05, 3.63) is 35.4 Å². The standard InChI is InChI=1S/C11H16O2/c1-8-4-6-9(7-5-8)10(12)11(2,3)13/h4-7,10,12-13H,1-3H3. The van der Waals surface area contributed by atoms with Crippen LogP contribution in [-0.2, 0) is 0 Å². The molecule has 1 aromatic carbocycles. The third kappa shape index (κ3) is 2.54. The van der Waals surface area contributed by atoms with Gasteiger partial charge in [-0.1, -0.05) is 29.8 Å². The zero-order valence-corrected chi connectivity index (χ0v) is 8.28. The van der Waals surface area contributed by atoms with Crippen LogP contribution < -0.4 is 0 Å². The van der Waals surface area contributed by atoms with Crippen LogP contribution in [0.1, 0.15) is 31.1 Å². The number of aliphatic hydroxyl groups excluding tert-OH is 1. The molecule has 1 aromatic rings. The van der Waals surface area contributed by atoms with E-state index in [0.29, 0.717) is 0 Å². The molecule has 0 saturated heterocycles. The van der Waals surface area contributed by atoms with Gasteiger partial charge in [0.25, 0.3) is 0 Å². The number of rotatable bonds is 2. The lowest BCUT2D eigenvalue weighted by Crippen LogP contribution is -2.28. The first-order chi connectivity index (χ1) is 5.91. The Labute approximate surface area is 78.8 Å². The van der Waals surface area contributed by atoms with E-state index in [0.717, 1.165) is 11.1 Å². The van der Waals surface area contributed by atoms with Crippen LogP contribution in [-0.4, -0.2) is 15.8 Å². The fourth-order valence-electron chi connectivity index (χ4n) is 1.16. The second-order valence-electron chi connectivity index (χ2n) is 3.97. The van der Waals surface area contributed by atoms with E-state index < -0.39 is 11.7 Å². The van der Waals surface area contributed by atoms with Crippen LogP contribution in [0.3, 0.4) is 0 Å². The molecule has 0 bridgehead atoms. The van der Waals surface area contributed by atoms with Gasteiger partial charge in [0.15, 0.2) is 0 Å². The summed E-state index contributed by atoms with van der Waals surface area (Å²) in [5.41, 5.74) is 0.805. The number of hydrogen-bond donors (Lipinski definition) is 2. The lowest BCUT2D eigenvalue weighted by Gasteiger charge is -2.24. The summed E-state index contributed by atoms with van der Waals surface area (Å²) in [7, 11) is 0. The summed E-state index contributed by atoms with van der Waals surface area (Å²) in [6.45, 7) is 5.18. The third-order valence-electron chi connectivity index (χ3n) is 2.06. The molecule has 0 saturated carbocycles. The SMILES string of the molecule is Cc1ccc(C(O)C(C)(C)O)cc1. The predicted molar refractivity (Wildman–Crippen MR) is 52.4 cm³/mol. The minimum Gasteiger partial charge on any atom is -0.387 e. The van der Waals surface area contributed by atoms with E-state index in [9.17, 15) is 10.2 Å². The molecule has 72 valence electrons. The molecule has 0 fully saturated rings. The average molecular weight is 180 g/mol. The maximum atomic E-state index is 9.70. The Bertz CT molecular complexity index is 269. The Hall–Kier alpha value is -0.860. The van der Waals surface area contributed by atoms with Crippen LogP contribution in [0, 0.1) is 6.92 Å². The highest BCUT2D eigenvalue weighted by atomic mass is 16.3. The van der Waals surface area contributed by atoms with Crippen LogP contribution in [0.15, 0.2) is 24.3 Å². The van der Waals surface area contributed by atoms with Crippen molar-refractivity contribution in [2.24, 2.45) is 0 Å². The van der Waals surface area contributed by atoms with E-state index >= 15 is 0 Å². The first-order valence-corrected chi connectivity index (χ1v) is 4.38. The van der Waals surface area contributed by atoms with Crippen molar-refractivity contribution in [2.75, 3.05) is 0 Å². The Morgan fingerprint density at radius 2 is 1.62 bits per heavy atom. The van der Waals surface area contributed by atoms with Crippen LogP contribution >= 0.6 is 0 Å². The molecule has 0 aliphatic heterocycles. The van der Waals surface area contributed by atoms with Crippen LogP contribution in [0.2, 0.25) is 0 Å². The maximum Gasteiger partial charge on any atom is 0.107 e. The summed E-state index contributed by atoms with van der Waals surface area (Å²) in [5, 5.41) is 19.3. The summed E-state index contributed by atoms with van der Waals surface area (Å²) < 4.78 is 0. The smallest absolute Gasteiger partial charge is 0.107 e. The highest BCUT2D eigenvalue weighted by Gasteiger charge is 2.25. The molecule has 2 N–H and O–H groups in total. The minimum atomic E-state index is -1.09. The van der Waals surface area contributed by atoms with Gasteiger partial charge in [-0.3, -0.25) is 0 Å². The van der Waals surface area contributed by atoms with Gasteiger partial charge in [0.05, 0.1) is 5.60 Å². The zero-order chi connectivity index (χ0) is 10.1. The van der Waals surface area contributed by atoms with Gasteiger partial charge in [0, 0.05) is 0 Å². The summed E-state index contributed by atoms with van der Waals surface area (Å²) in [6, 6.07) is 7.50. The molecule has 0 aliphatic rings. The molecule has 2 nitrogen and oxygen atoms in total. The molecule has 2 heteroatoms. The molecule has 0 spiro atoms. The van der Waals surface area contributed by atoms with E-state index in [1.54, 1.807) is 13.8 Å². The van der Waals surface area contributed by atoms with Gasteiger partial charge in [-0.15, -0.1) is 0 Å². The molecular formula is C11H16O2.